The van der Waals surface area contributed by atoms with Gasteiger partial charge in [-0.2, -0.15) is 0 Å². The maximum atomic E-state index is 12.9. The van der Waals surface area contributed by atoms with Crippen molar-refractivity contribution in [1.29, 1.82) is 0 Å². The van der Waals surface area contributed by atoms with Crippen molar-refractivity contribution >= 4 is 50.1 Å². The molecule has 2 heterocycles. The van der Waals surface area contributed by atoms with Crippen molar-refractivity contribution in [3.05, 3.63) is 72.4 Å². The van der Waals surface area contributed by atoms with Crippen molar-refractivity contribution < 1.29 is 14.3 Å². The lowest BCUT2D eigenvalue weighted by molar-refractivity contribution is 0.0727. The highest BCUT2D eigenvalue weighted by Gasteiger charge is 2.21. The van der Waals surface area contributed by atoms with Gasteiger partial charge in [-0.25, -0.2) is 9.78 Å². The fourth-order valence-corrected chi connectivity index (χ4v) is 5.96. The summed E-state index contributed by atoms with van der Waals surface area (Å²) in [5.41, 5.74) is 2.23. The molecule has 0 unspecified atom stereocenters. The Morgan fingerprint density at radius 2 is 1.97 bits per heavy atom. The number of thiophene rings is 1. The highest BCUT2D eigenvalue weighted by Crippen LogP contribution is 2.36. The molecular weight excluding hydrogens is 551 g/mol. The number of H-pyrrole nitrogens is 1. The average Bonchev–Trinajstić information content (AvgIpc) is 3.19. The van der Waals surface area contributed by atoms with E-state index in [1.807, 2.05) is 19.1 Å². The van der Waals surface area contributed by atoms with Crippen molar-refractivity contribution in [3.63, 3.8) is 0 Å². The molecule has 4 aromatic rings. The molecule has 0 saturated heterocycles. The first-order valence-electron chi connectivity index (χ1n) is 10.8. The van der Waals surface area contributed by atoms with Gasteiger partial charge in [0.15, 0.2) is 11.5 Å². The number of aromatic nitrogens is 2. The van der Waals surface area contributed by atoms with E-state index in [0.717, 1.165) is 45.0 Å². The van der Waals surface area contributed by atoms with Crippen LogP contribution >= 0.6 is 33.9 Å². The molecule has 0 fully saturated rings. The number of carbonyl (C=O) groups is 1. The number of carbonyl (C=O) groups excluding carboxylic acids is 1. The van der Waals surface area contributed by atoms with Crippen LogP contribution in [0.4, 0.5) is 0 Å². The number of benzene rings is 2. The topological polar surface area (TPSA) is 81.3 Å². The minimum atomic E-state index is -0.453. The van der Waals surface area contributed by atoms with Crippen LogP contribution < -0.4 is 15.0 Å². The van der Waals surface area contributed by atoms with Gasteiger partial charge in [-0.3, -0.25) is 4.79 Å². The Morgan fingerprint density at radius 3 is 2.79 bits per heavy atom. The number of ether oxygens (including phenoxy) is 2. The van der Waals surface area contributed by atoms with Crippen molar-refractivity contribution in [2.75, 3.05) is 6.61 Å². The third-order valence-corrected chi connectivity index (χ3v) is 7.76. The monoisotopic (exact) mass is 572 g/mol. The van der Waals surface area contributed by atoms with Crippen LogP contribution in [0, 0.1) is 3.57 Å². The van der Waals surface area contributed by atoms with E-state index >= 15 is 0 Å². The molecule has 0 bridgehead atoms. The van der Waals surface area contributed by atoms with E-state index in [-0.39, 0.29) is 5.56 Å². The summed E-state index contributed by atoms with van der Waals surface area (Å²) in [5.74, 6) is 0.760. The van der Waals surface area contributed by atoms with Gasteiger partial charge in [0.25, 0.3) is 5.56 Å². The molecule has 33 heavy (non-hydrogen) atoms. The number of nitrogens with one attached hydrogen (secondary N) is 1. The Balaban J connectivity index is 1.51. The predicted molar refractivity (Wildman–Crippen MR) is 138 cm³/mol. The lowest BCUT2D eigenvalue weighted by atomic mass is 9.97. The fourth-order valence-electron chi connectivity index (χ4n) is 4.09. The summed E-state index contributed by atoms with van der Waals surface area (Å²) in [5, 5.41) is 0.728. The lowest BCUT2D eigenvalue weighted by Crippen LogP contribution is -2.12. The summed E-state index contributed by atoms with van der Waals surface area (Å²) in [7, 11) is 0. The van der Waals surface area contributed by atoms with Crippen LogP contribution in [0.15, 0.2) is 47.3 Å². The third kappa shape index (κ3) is 4.29. The summed E-state index contributed by atoms with van der Waals surface area (Å²) in [6.45, 7) is 2.26. The van der Waals surface area contributed by atoms with Crippen LogP contribution in [-0.4, -0.2) is 22.5 Å². The molecule has 1 aliphatic rings. The Kier molecular flexibility index (Phi) is 6.20. The second-order valence-electron chi connectivity index (χ2n) is 7.77. The average molecular weight is 572 g/mol. The van der Waals surface area contributed by atoms with Crippen LogP contribution in [0.2, 0.25) is 0 Å². The Morgan fingerprint density at radius 1 is 1.15 bits per heavy atom. The van der Waals surface area contributed by atoms with Gasteiger partial charge in [-0.05, 0) is 91.1 Å². The Bertz CT molecular complexity index is 1430. The van der Waals surface area contributed by atoms with E-state index in [9.17, 15) is 9.59 Å². The quantitative estimate of drug-likeness (QED) is 0.187. The van der Waals surface area contributed by atoms with E-state index in [2.05, 4.69) is 27.6 Å². The number of nitrogens with zero attached hydrogens (tertiary/aromatic N) is 1. The molecule has 0 amide bonds. The fraction of sp³-hybridized carbons (Fsp3) is 0.240. The van der Waals surface area contributed by atoms with Gasteiger partial charge in [-0.15, -0.1) is 11.3 Å². The molecule has 0 saturated carbocycles. The highest BCUT2D eigenvalue weighted by molar-refractivity contribution is 14.1. The molecule has 2 aromatic heterocycles. The van der Waals surface area contributed by atoms with Crippen molar-refractivity contribution in [3.8, 4) is 22.9 Å². The van der Waals surface area contributed by atoms with Crippen molar-refractivity contribution in [2.24, 2.45) is 0 Å². The van der Waals surface area contributed by atoms with Gasteiger partial charge in [0.1, 0.15) is 10.7 Å². The second kappa shape index (κ2) is 9.26. The third-order valence-electron chi connectivity index (χ3n) is 5.64. The first kappa shape index (κ1) is 22.1. The molecule has 2 aromatic carbocycles. The molecule has 0 aliphatic heterocycles. The molecule has 6 nitrogen and oxygen atoms in total. The number of hydrogen-bond acceptors (Lipinski definition) is 6. The molecule has 0 atom stereocenters. The summed E-state index contributed by atoms with van der Waals surface area (Å²) in [6.07, 6.45) is 4.22. The molecule has 1 aliphatic carbocycles. The van der Waals surface area contributed by atoms with Gasteiger partial charge < -0.3 is 14.5 Å². The smallest absolute Gasteiger partial charge is 0.344 e. The van der Waals surface area contributed by atoms with Crippen LogP contribution in [0.3, 0.4) is 0 Å². The van der Waals surface area contributed by atoms with Gasteiger partial charge in [-0.1, -0.05) is 12.1 Å². The number of fused-ring (bicyclic) bond motifs is 3. The maximum absolute atomic E-state index is 12.9. The number of halogens is 1. The van der Waals surface area contributed by atoms with Crippen LogP contribution in [-0.2, 0) is 12.8 Å². The minimum absolute atomic E-state index is 0.110. The van der Waals surface area contributed by atoms with Gasteiger partial charge in [0.05, 0.1) is 17.6 Å². The molecule has 0 radical (unpaired) electrons. The summed E-state index contributed by atoms with van der Waals surface area (Å²) < 4.78 is 12.2. The van der Waals surface area contributed by atoms with E-state index in [4.69, 9.17) is 14.5 Å². The number of hydrogen-bond donors (Lipinski definition) is 1. The lowest BCUT2D eigenvalue weighted by Gasteiger charge is -2.13. The van der Waals surface area contributed by atoms with Crippen molar-refractivity contribution in [1.82, 2.24) is 9.97 Å². The summed E-state index contributed by atoms with van der Waals surface area (Å²) in [6, 6.07) is 12.4. The van der Waals surface area contributed by atoms with E-state index in [1.54, 1.807) is 41.7 Å². The molecule has 168 valence electrons. The molecule has 1 N–H and O–H groups in total. The Hall–Kier alpha value is -2.72. The SMILES string of the molecule is CCOc1cc(-c2nc3sc4c(c3c(=O)[nH]2)CCCC4)ccc1OC(=O)c1ccccc1I. The summed E-state index contributed by atoms with van der Waals surface area (Å²) in [4.78, 5) is 35.4. The second-order valence-corrected chi connectivity index (χ2v) is 10.0. The van der Waals surface area contributed by atoms with Gasteiger partial charge >= 0.3 is 5.97 Å². The van der Waals surface area contributed by atoms with Gasteiger partial charge in [0.2, 0.25) is 0 Å². The molecular formula is C25H21IN2O4S. The van der Waals surface area contributed by atoms with E-state index in [0.29, 0.717) is 35.1 Å². The normalized spacial score (nSPS) is 13.0. The van der Waals surface area contributed by atoms with Crippen molar-refractivity contribution in [2.45, 2.75) is 32.6 Å². The van der Waals surface area contributed by atoms with E-state index < -0.39 is 5.97 Å². The highest BCUT2D eigenvalue weighted by atomic mass is 127. The van der Waals surface area contributed by atoms with E-state index in [1.165, 1.54) is 4.88 Å². The molecule has 5 rings (SSSR count). The van der Waals surface area contributed by atoms with Gasteiger partial charge in [0, 0.05) is 14.0 Å². The van der Waals surface area contributed by atoms with Crippen LogP contribution in [0.25, 0.3) is 21.6 Å². The Labute approximate surface area is 208 Å². The predicted octanol–water partition coefficient (Wildman–Crippen LogP) is 5.75. The number of esters is 1. The maximum Gasteiger partial charge on any atom is 0.344 e. The number of aryl methyl sites for hydroxylation is 2. The molecule has 0 spiro atoms. The first-order valence-corrected chi connectivity index (χ1v) is 12.7. The first-order chi connectivity index (χ1) is 16.0. The largest absolute Gasteiger partial charge is 0.490 e. The zero-order valence-electron chi connectivity index (χ0n) is 17.9. The zero-order valence-corrected chi connectivity index (χ0v) is 20.9. The molecule has 8 heteroatoms. The number of aromatic amines is 1. The zero-order chi connectivity index (χ0) is 22.9. The van der Waals surface area contributed by atoms with Crippen LogP contribution in [0.5, 0.6) is 11.5 Å². The summed E-state index contributed by atoms with van der Waals surface area (Å²) >= 11 is 3.72. The standard InChI is InChI=1S/C25H21IN2O4S/c1-2-31-19-13-14(11-12-18(19)32-25(30)15-7-3-5-9-17(15)26)22-27-23(29)21-16-8-4-6-10-20(16)33-24(21)28-22/h3,5,7,9,11-13H,2,4,6,8,10H2,1H3,(H,27,28,29). The van der Waals surface area contributed by atoms with Crippen LogP contribution in [0.1, 0.15) is 40.6 Å². The number of rotatable bonds is 5. The minimum Gasteiger partial charge on any atom is -0.490 e.